The maximum atomic E-state index is 13.3. The van der Waals surface area contributed by atoms with Crippen LogP contribution in [0.3, 0.4) is 0 Å². The second-order valence-electron chi connectivity index (χ2n) is 7.30. The maximum Gasteiger partial charge on any atom is 0.142 e. The van der Waals surface area contributed by atoms with Gasteiger partial charge in [-0.25, -0.2) is 4.39 Å². The summed E-state index contributed by atoms with van der Waals surface area (Å²) >= 11 is 0. The second-order valence-corrected chi connectivity index (χ2v) is 7.30. The van der Waals surface area contributed by atoms with Crippen molar-refractivity contribution in [1.29, 1.82) is 0 Å². The Kier molecular flexibility index (Phi) is 6.41. The largest absolute Gasteiger partial charge is 0.490 e. The smallest absolute Gasteiger partial charge is 0.142 e. The van der Waals surface area contributed by atoms with E-state index in [1.165, 1.54) is 12.1 Å². The van der Waals surface area contributed by atoms with Crippen LogP contribution in [0, 0.1) is 5.82 Å². The lowest BCUT2D eigenvalue weighted by atomic mass is 10.1. The van der Waals surface area contributed by atoms with Gasteiger partial charge in [-0.15, -0.1) is 0 Å². The van der Waals surface area contributed by atoms with E-state index in [4.69, 9.17) is 14.2 Å². The third-order valence-electron chi connectivity index (χ3n) is 5.27. The number of nitrogens with zero attached hydrogens (tertiary/aromatic N) is 2. The van der Waals surface area contributed by atoms with Gasteiger partial charge in [0.05, 0.1) is 6.61 Å². The van der Waals surface area contributed by atoms with E-state index in [2.05, 4.69) is 9.80 Å². The number of hydrogen-bond acceptors (Lipinski definition) is 5. The number of morpholine rings is 1. The molecule has 0 bridgehead atoms. The van der Waals surface area contributed by atoms with E-state index in [9.17, 15) is 4.39 Å². The lowest BCUT2D eigenvalue weighted by Gasteiger charge is -2.41. The Balaban J connectivity index is 1.22. The molecule has 5 nitrogen and oxygen atoms in total. The van der Waals surface area contributed by atoms with Crippen LogP contribution in [0.15, 0.2) is 54.6 Å². The van der Waals surface area contributed by atoms with Gasteiger partial charge in [-0.3, -0.25) is 9.80 Å². The molecule has 2 aliphatic heterocycles. The zero-order valence-corrected chi connectivity index (χ0v) is 16.0. The summed E-state index contributed by atoms with van der Waals surface area (Å²) in [5.41, 5.74) is 0. The molecule has 150 valence electrons. The van der Waals surface area contributed by atoms with Gasteiger partial charge in [0.25, 0.3) is 0 Å². The average molecular weight is 386 g/mol. The van der Waals surface area contributed by atoms with Crippen LogP contribution in [0.4, 0.5) is 4.39 Å². The molecule has 0 amide bonds. The molecular weight excluding hydrogens is 359 g/mol. The van der Waals surface area contributed by atoms with Gasteiger partial charge < -0.3 is 14.2 Å². The first-order valence-electron chi connectivity index (χ1n) is 9.94. The highest BCUT2D eigenvalue weighted by Crippen LogP contribution is 2.22. The number of halogens is 1. The topological polar surface area (TPSA) is 34.2 Å². The number of rotatable bonds is 6. The molecule has 0 N–H and O–H groups in total. The fourth-order valence-corrected chi connectivity index (χ4v) is 3.72. The molecule has 2 heterocycles. The minimum absolute atomic E-state index is 0.0863. The Bertz CT molecular complexity index is 738. The van der Waals surface area contributed by atoms with E-state index in [1.54, 1.807) is 6.07 Å². The van der Waals surface area contributed by atoms with Crippen molar-refractivity contribution in [3.8, 4) is 11.5 Å². The predicted octanol–water partition coefficient (Wildman–Crippen LogP) is 3.36. The zero-order chi connectivity index (χ0) is 19.2. The Morgan fingerprint density at radius 1 is 0.964 bits per heavy atom. The summed E-state index contributed by atoms with van der Waals surface area (Å²) in [4.78, 5) is 4.66. The van der Waals surface area contributed by atoms with Crippen molar-refractivity contribution >= 4 is 0 Å². The van der Waals surface area contributed by atoms with Gasteiger partial charge in [0, 0.05) is 32.2 Å². The number of hydrogen-bond donors (Lipinski definition) is 0. The van der Waals surface area contributed by atoms with Gasteiger partial charge in [0.1, 0.15) is 36.4 Å². The molecule has 2 aromatic carbocycles. The van der Waals surface area contributed by atoms with Crippen molar-refractivity contribution in [1.82, 2.24) is 9.80 Å². The van der Waals surface area contributed by atoms with Crippen LogP contribution >= 0.6 is 0 Å². The molecule has 0 aromatic heterocycles. The van der Waals surface area contributed by atoms with E-state index in [1.807, 2.05) is 36.4 Å². The predicted molar refractivity (Wildman–Crippen MR) is 105 cm³/mol. The minimum atomic E-state index is -0.261. The van der Waals surface area contributed by atoms with Gasteiger partial charge in [0.2, 0.25) is 0 Å². The first-order valence-corrected chi connectivity index (χ1v) is 9.94. The first-order chi connectivity index (χ1) is 13.8. The van der Waals surface area contributed by atoms with Crippen LogP contribution in [-0.4, -0.2) is 61.6 Å². The summed E-state index contributed by atoms with van der Waals surface area (Å²) in [6.07, 6.45) is 2.04. The molecule has 1 atom stereocenters. The molecule has 2 saturated heterocycles. The van der Waals surface area contributed by atoms with Crippen molar-refractivity contribution in [2.45, 2.75) is 25.2 Å². The third-order valence-corrected chi connectivity index (χ3v) is 5.27. The zero-order valence-electron chi connectivity index (χ0n) is 16.0. The Hall–Kier alpha value is -2.15. The van der Waals surface area contributed by atoms with Gasteiger partial charge in [-0.2, -0.15) is 0 Å². The molecule has 2 aliphatic rings. The molecule has 28 heavy (non-hydrogen) atoms. The highest BCUT2D eigenvalue weighted by atomic mass is 19.1. The highest BCUT2D eigenvalue weighted by molar-refractivity contribution is 5.23. The summed E-state index contributed by atoms with van der Waals surface area (Å²) in [7, 11) is 0. The summed E-state index contributed by atoms with van der Waals surface area (Å²) in [6, 6.07) is 16.3. The van der Waals surface area contributed by atoms with Gasteiger partial charge in [0.15, 0.2) is 0 Å². The van der Waals surface area contributed by atoms with Gasteiger partial charge in [-0.05, 0) is 37.1 Å². The molecule has 6 heteroatoms. The summed E-state index contributed by atoms with van der Waals surface area (Å²) in [5, 5.41) is 0. The number of likely N-dealkylation sites (tertiary alicyclic amines) is 1. The number of piperidine rings is 1. The number of benzene rings is 2. The van der Waals surface area contributed by atoms with E-state index in [0.717, 1.165) is 44.8 Å². The molecule has 0 radical (unpaired) electrons. The van der Waals surface area contributed by atoms with Gasteiger partial charge >= 0.3 is 0 Å². The summed E-state index contributed by atoms with van der Waals surface area (Å²) in [5.74, 6) is 1.24. The van der Waals surface area contributed by atoms with Gasteiger partial charge in [-0.1, -0.05) is 24.3 Å². The summed E-state index contributed by atoms with van der Waals surface area (Å²) in [6.45, 7) is 4.83. The lowest BCUT2D eigenvalue weighted by molar-refractivity contribution is -0.132. The molecule has 0 aliphatic carbocycles. The molecule has 0 spiro atoms. The van der Waals surface area contributed by atoms with Crippen molar-refractivity contribution in [2.75, 3.05) is 39.5 Å². The lowest BCUT2D eigenvalue weighted by Crippen LogP contribution is -2.54. The van der Waals surface area contributed by atoms with E-state index >= 15 is 0 Å². The molecule has 2 fully saturated rings. The quantitative estimate of drug-likeness (QED) is 0.761. The van der Waals surface area contributed by atoms with Crippen LogP contribution in [-0.2, 0) is 4.74 Å². The molecule has 4 rings (SSSR count). The second kappa shape index (κ2) is 9.37. The fourth-order valence-electron chi connectivity index (χ4n) is 3.72. The minimum Gasteiger partial charge on any atom is -0.490 e. The van der Waals surface area contributed by atoms with Crippen LogP contribution in [0.2, 0.25) is 0 Å². The van der Waals surface area contributed by atoms with Crippen LogP contribution in [0.1, 0.15) is 12.8 Å². The standard InChI is InChI=1S/C22H27FN2O3/c23-18-5-4-8-21(15-18)28-20-9-11-25(12-10-20)22-16-24(13-14-26-22)17-27-19-6-2-1-3-7-19/h1-8,15,20,22H,9-14,16-17H2. The SMILES string of the molecule is Fc1cccc(OC2CCN(C3CN(COc4ccccc4)CCO3)CC2)c1. The van der Waals surface area contributed by atoms with Crippen molar-refractivity contribution in [3.05, 3.63) is 60.4 Å². The van der Waals surface area contributed by atoms with E-state index in [0.29, 0.717) is 19.1 Å². The van der Waals surface area contributed by atoms with Crippen molar-refractivity contribution in [2.24, 2.45) is 0 Å². The average Bonchev–Trinajstić information content (AvgIpc) is 2.74. The Morgan fingerprint density at radius 3 is 2.54 bits per heavy atom. The third kappa shape index (κ3) is 5.22. The Labute approximate surface area is 165 Å². The first kappa shape index (κ1) is 19.2. The molecule has 0 saturated carbocycles. The molecule has 1 unspecified atom stereocenters. The molecular formula is C22H27FN2O3. The van der Waals surface area contributed by atoms with Crippen molar-refractivity contribution < 1.29 is 18.6 Å². The molecule has 2 aromatic rings. The van der Waals surface area contributed by atoms with Crippen LogP contribution < -0.4 is 9.47 Å². The van der Waals surface area contributed by atoms with Crippen LogP contribution in [0.25, 0.3) is 0 Å². The Morgan fingerprint density at radius 2 is 1.75 bits per heavy atom. The van der Waals surface area contributed by atoms with Crippen molar-refractivity contribution in [3.63, 3.8) is 0 Å². The maximum absolute atomic E-state index is 13.3. The normalized spacial score (nSPS) is 22.1. The number of ether oxygens (including phenoxy) is 3. The highest BCUT2D eigenvalue weighted by Gasteiger charge is 2.30. The summed E-state index contributed by atoms with van der Waals surface area (Å²) < 4.78 is 31.1. The van der Waals surface area contributed by atoms with E-state index in [-0.39, 0.29) is 18.1 Å². The fraction of sp³-hybridized carbons (Fsp3) is 0.455. The van der Waals surface area contributed by atoms with Crippen LogP contribution in [0.5, 0.6) is 11.5 Å². The van der Waals surface area contributed by atoms with E-state index < -0.39 is 0 Å². The monoisotopic (exact) mass is 386 g/mol. The number of para-hydroxylation sites is 1.